The maximum Gasteiger partial charge on any atom is 0.348 e. The molecule has 5 aromatic rings. The van der Waals surface area contributed by atoms with Gasteiger partial charge in [-0.1, -0.05) is 59.6 Å². The van der Waals surface area contributed by atoms with Crippen LogP contribution in [0.1, 0.15) is 33.2 Å². The van der Waals surface area contributed by atoms with Crippen LogP contribution in [0.5, 0.6) is 11.5 Å². The summed E-state index contributed by atoms with van der Waals surface area (Å²) >= 11 is 12.3. The van der Waals surface area contributed by atoms with Crippen LogP contribution >= 0.6 is 23.2 Å². The summed E-state index contributed by atoms with van der Waals surface area (Å²) < 4.78 is 17.4. The van der Waals surface area contributed by atoms with Crippen LogP contribution in [0.15, 0.2) is 101 Å². The van der Waals surface area contributed by atoms with Crippen molar-refractivity contribution >= 4 is 52.0 Å². The first-order chi connectivity index (χ1) is 18.9. The van der Waals surface area contributed by atoms with Gasteiger partial charge < -0.3 is 13.9 Å². The molecule has 5 rings (SSSR count). The molecule has 194 valence electrons. The summed E-state index contributed by atoms with van der Waals surface area (Å²) in [6, 6.07) is 26.1. The largest absolute Gasteiger partial charge is 0.494 e. The van der Waals surface area contributed by atoms with Gasteiger partial charge in [0.15, 0.2) is 5.78 Å². The molecule has 1 heterocycles. The van der Waals surface area contributed by atoms with Crippen molar-refractivity contribution in [3.05, 3.63) is 124 Å². The van der Waals surface area contributed by atoms with Gasteiger partial charge in [0, 0.05) is 32.1 Å². The van der Waals surface area contributed by atoms with Crippen molar-refractivity contribution < 1.29 is 23.5 Å². The number of furan rings is 1. The van der Waals surface area contributed by atoms with Gasteiger partial charge in [-0.15, -0.1) is 0 Å². The van der Waals surface area contributed by atoms with Crippen molar-refractivity contribution in [1.29, 1.82) is 0 Å². The van der Waals surface area contributed by atoms with E-state index in [1.54, 1.807) is 66.7 Å². The van der Waals surface area contributed by atoms with Gasteiger partial charge in [-0.05, 0) is 73.7 Å². The Hall–Kier alpha value is -4.32. The number of rotatable bonds is 8. The Labute approximate surface area is 235 Å². The molecule has 0 aliphatic carbocycles. The summed E-state index contributed by atoms with van der Waals surface area (Å²) in [5.41, 5.74) is 2.54. The smallest absolute Gasteiger partial charge is 0.348 e. The number of ketones is 1. The highest BCUT2D eigenvalue weighted by Gasteiger charge is 2.24. The number of carbonyl (C=O) groups excluding carboxylic acids is 2. The lowest BCUT2D eigenvalue weighted by molar-refractivity contribution is 0.0737. The zero-order valence-corrected chi connectivity index (χ0v) is 22.3. The molecular formula is C32H22Cl2O5. The second-order valence-corrected chi connectivity index (χ2v) is 9.32. The third-order valence-electron chi connectivity index (χ3n) is 5.96. The van der Waals surface area contributed by atoms with Gasteiger partial charge in [0.1, 0.15) is 28.4 Å². The van der Waals surface area contributed by atoms with Gasteiger partial charge in [-0.3, -0.25) is 4.79 Å². The molecule has 0 N–H and O–H groups in total. The normalized spacial score (nSPS) is 11.2. The first kappa shape index (κ1) is 26.3. The zero-order valence-electron chi connectivity index (χ0n) is 20.8. The van der Waals surface area contributed by atoms with Gasteiger partial charge >= 0.3 is 5.97 Å². The summed E-state index contributed by atoms with van der Waals surface area (Å²) in [6.45, 7) is 2.38. The van der Waals surface area contributed by atoms with Crippen LogP contribution in [-0.2, 0) is 0 Å². The van der Waals surface area contributed by atoms with E-state index in [0.29, 0.717) is 50.3 Å². The predicted molar refractivity (Wildman–Crippen MR) is 154 cm³/mol. The van der Waals surface area contributed by atoms with E-state index in [-0.39, 0.29) is 17.1 Å². The molecular weight excluding hydrogens is 535 g/mol. The summed E-state index contributed by atoms with van der Waals surface area (Å²) in [7, 11) is 0. The van der Waals surface area contributed by atoms with Crippen LogP contribution in [0.4, 0.5) is 0 Å². The zero-order chi connectivity index (χ0) is 27.4. The molecule has 0 aliphatic heterocycles. The quantitative estimate of drug-likeness (QED) is 0.0825. The fraction of sp³-hybridized carbons (Fsp3) is 0.0625. The van der Waals surface area contributed by atoms with E-state index >= 15 is 0 Å². The fourth-order valence-electron chi connectivity index (χ4n) is 4.10. The van der Waals surface area contributed by atoms with Crippen LogP contribution in [0.25, 0.3) is 28.4 Å². The Balaban J connectivity index is 1.41. The number of hydrogen-bond acceptors (Lipinski definition) is 5. The molecule has 0 fully saturated rings. The fourth-order valence-corrected chi connectivity index (χ4v) is 4.62. The molecule has 5 nitrogen and oxygen atoms in total. The Morgan fingerprint density at radius 1 is 0.846 bits per heavy atom. The van der Waals surface area contributed by atoms with E-state index in [9.17, 15) is 9.59 Å². The Morgan fingerprint density at radius 2 is 1.54 bits per heavy atom. The van der Waals surface area contributed by atoms with Crippen molar-refractivity contribution in [2.75, 3.05) is 6.61 Å². The lowest BCUT2D eigenvalue weighted by Crippen LogP contribution is -2.09. The third-order valence-corrected chi connectivity index (χ3v) is 6.62. The molecule has 0 spiro atoms. The second-order valence-electron chi connectivity index (χ2n) is 8.51. The Bertz CT molecular complexity index is 1670. The van der Waals surface area contributed by atoms with Crippen LogP contribution in [-0.4, -0.2) is 18.4 Å². The summed E-state index contributed by atoms with van der Waals surface area (Å²) in [4.78, 5) is 26.2. The average Bonchev–Trinajstić information content (AvgIpc) is 3.33. The molecule has 0 saturated heterocycles. The van der Waals surface area contributed by atoms with Crippen LogP contribution < -0.4 is 9.47 Å². The van der Waals surface area contributed by atoms with Gasteiger partial charge in [0.2, 0.25) is 0 Å². The van der Waals surface area contributed by atoms with E-state index < -0.39 is 5.97 Å². The summed E-state index contributed by atoms with van der Waals surface area (Å²) in [5, 5.41) is 1.48. The summed E-state index contributed by atoms with van der Waals surface area (Å²) in [6.07, 6.45) is 2.97. The van der Waals surface area contributed by atoms with Gasteiger partial charge in [-0.25, -0.2) is 4.79 Å². The van der Waals surface area contributed by atoms with E-state index in [1.165, 1.54) is 6.08 Å². The van der Waals surface area contributed by atoms with E-state index in [2.05, 4.69) is 0 Å². The van der Waals surface area contributed by atoms with Crippen molar-refractivity contribution in [1.82, 2.24) is 0 Å². The predicted octanol–water partition coefficient (Wildman–Crippen LogP) is 8.92. The van der Waals surface area contributed by atoms with Crippen LogP contribution in [0, 0.1) is 0 Å². The number of esters is 1. The minimum absolute atomic E-state index is 0.250. The summed E-state index contributed by atoms with van der Waals surface area (Å²) in [5.74, 6) is 0.463. The van der Waals surface area contributed by atoms with E-state index in [4.69, 9.17) is 37.1 Å². The number of benzene rings is 4. The first-order valence-electron chi connectivity index (χ1n) is 12.2. The molecule has 0 atom stereocenters. The van der Waals surface area contributed by atoms with Gasteiger partial charge in [-0.2, -0.15) is 0 Å². The molecule has 0 saturated carbocycles. The minimum Gasteiger partial charge on any atom is -0.494 e. The monoisotopic (exact) mass is 556 g/mol. The SMILES string of the molecule is CCOc1ccc2oc(-c3ccccc3)c(C(=O)Oc3ccc(C(=O)/C=C/c4c(Cl)cccc4Cl)cc3)c2c1. The molecule has 0 radical (unpaired) electrons. The van der Waals surface area contributed by atoms with E-state index in [1.807, 2.05) is 37.3 Å². The second kappa shape index (κ2) is 11.6. The first-order valence-corrected chi connectivity index (χ1v) is 12.9. The Kier molecular flexibility index (Phi) is 7.82. The van der Waals surface area contributed by atoms with Crippen molar-refractivity contribution in [3.63, 3.8) is 0 Å². The average molecular weight is 557 g/mol. The molecule has 4 aromatic carbocycles. The topological polar surface area (TPSA) is 65.7 Å². The lowest BCUT2D eigenvalue weighted by atomic mass is 10.1. The van der Waals surface area contributed by atoms with Crippen molar-refractivity contribution in [2.45, 2.75) is 6.92 Å². The maximum absolute atomic E-state index is 13.5. The molecule has 0 unspecified atom stereocenters. The van der Waals surface area contributed by atoms with Gasteiger partial charge in [0.05, 0.1) is 6.61 Å². The van der Waals surface area contributed by atoms with Gasteiger partial charge in [0.25, 0.3) is 0 Å². The minimum atomic E-state index is -0.589. The molecule has 0 aliphatic rings. The number of carbonyl (C=O) groups is 2. The molecule has 39 heavy (non-hydrogen) atoms. The Morgan fingerprint density at radius 3 is 2.23 bits per heavy atom. The van der Waals surface area contributed by atoms with Crippen molar-refractivity contribution in [3.8, 4) is 22.8 Å². The third kappa shape index (κ3) is 5.75. The van der Waals surface area contributed by atoms with E-state index in [0.717, 1.165) is 5.56 Å². The number of fused-ring (bicyclic) bond motifs is 1. The highest BCUT2D eigenvalue weighted by atomic mass is 35.5. The standard InChI is InChI=1S/C32H22Cl2O5/c1-2-37-23-15-18-29-25(19-23)30(31(39-29)21-7-4-3-5-8-21)32(36)38-22-13-11-20(12-14-22)28(35)17-16-24-26(33)9-6-10-27(24)34/h3-19H,2H2,1H3/b17-16+. The van der Waals surface area contributed by atoms with Crippen molar-refractivity contribution in [2.24, 2.45) is 0 Å². The number of allylic oxidation sites excluding steroid dienone is 1. The van der Waals surface area contributed by atoms with Crippen LogP contribution in [0.2, 0.25) is 10.0 Å². The number of hydrogen-bond donors (Lipinski definition) is 0. The molecule has 0 amide bonds. The highest BCUT2D eigenvalue weighted by molar-refractivity contribution is 6.37. The molecule has 1 aromatic heterocycles. The maximum atomic E-state index is 13.5. The highest BCUT2D eigenvalue weighted by Crippen LogP contribution is 2.36. The lowest BCUT2D eigenvalue weighted by Gasteiger charge is -2.07. The van der Waals surface area contributed by atoms with Crippen LogP contribution in [0.3, 0.4) is 0 Å². The molecule has 0 bridgehead atoms. The number of halogens is 2. The number of ether oxygens (including phenoxy) is 2. The molecule has 7 heteroatoms.